The van der Waals surface area contributed by atoms with Crippen molar-refractivity contribution in [2.45, 2.75) is 25.4 Å². The zero-order chi connectivity index (χ0) is 13.0. The third-order valence-corrected chi connectivity index (χ3v) is 3.05. The molecular formula is C13H18N2O3. The number of carbonyl (C=O) groups is 1. The van der Waals surface area contributed by atoms with Gasteiger partial charge in [0.1, 0.15) is 11.3 Å². The summed E-state index contributed by atoms with van der Waals surface area (Å²) in [6.45, 7) is 1.90. The summed E-state index contributed by atoms with van der Waals surface area (Å²) in [4.78, 5) is 11.1. The van der Waals surface area contributed by atoms with Crippen LogP contribution in [-0.2, 0) is 0 Å². The van der Waals surface area contributed by atoms with E-state index in [1.807, 2.05) is 0 Å². The number of benzene rings is 1. The third kappa shape index (κ3) is 3.13. The standard InChI is InChI=1S/C13H18N2O3/c14-9-3-4-12(11(8-9)13(16)17)18-10-2-1-6-15-7-5-10/h3-4,8,10,15H,1-2,5-7,14H2,(H,16,17). The minimum absolute atomic E-state index is 0.0710. The number of anilines is 1. The first-order valence-corrected chi connectivity index (χ1v) is 6.17. The lowest BCUT2D eigenvalue weighted by atomic mass is 10.1. The number of nitrogen functional groups attached to an aromatic ring is 1. The second-order valence-corrected chi connectivity index (χ2v) is 4.48. The summed E-state index contributed by atoms with van der Waals surface area (Å²) in [5.74, 6) is -0.604. The van der Waals surface area contributed by atoms with E-state index in [0.717, 1.165) is 32.4 Å². The van der Waals surface area contributed by atoms with Crippen LogP contribution in [-0.4, -0.2) is 30.3 Å². The molecule has 1 heterocycles. The van der Waals surface area contributed by atoms with E-state index in [9.17, 15) is 4.79 Å². The van der Waals surface area contributed by atoms with Gasteiger partial charge in [-0.15, -0.1) is 0 Å². The lowest BCUT2D eigenvalue weighted by molar-refractivity contribution is 0.0688. The van der Waals surface area contributed by atoms with Crippen molar-refractivity contribution in [1.82, 2.24) is 5.32 Å². The van der Waals surface area contributed by atoms with Crippen molar-refractivity contribution in [1.29, 1.82) is 0 Å². The Morgan fingerprint density at radius 1 is 1.39 bits per heavy atom. The Balaban J connectivity index is 2.14. The molecule has 2 rings (SSSR count). The van der Waals surface area contributed by atoms with E-state index in [4.69, 9.17) is 15.6 Å². The third-order valence-electron chi connectivity index (χ3n) is 3.05. The van der Waals surface area contributed by atoms with Crippen molar-refractivity contribution in [2.24, 2.45) is 0 Å². The molecule has 5 nitrogen and oxygen atoms in total. The van der Waals surface area contributed by atoms with Gasteiger partial charge in [-0.1, -0.05) is 0 Å². The van der Waals surface area contributed by atoms with Crippen LogP contribution in [0.15, 0.2) is 18.2 Å². The highest BCUT2D eigenvalue weighted by atomic mass is 16.5. The number of ether oxygens (including phenoxy) is 1. The van der Waals surface area contributed by atoms with Crippen LogP contribution in [0.25, 0.3) is 0 Å². The molecule has 1 atom stereocenters. The first-order chi connectivity index (χ1) is 8.66. The van der Waals surface area contributed by atoms with Crippen LogP contribution in [0.2, 0.25) is 0 Å². The molecule has 1 unspecified atom stereocenters. The summed E-state index contributed by atoms with van der Waals surface area (Å²) < 4.78 is 5.81. The Morgan fingerprint density at radius 2 is 2.22 bits per heavy atom. The number of rotatable bonds is 3. The Labute approximate surface area is 106 Å². The van der Waals surface area contributed by atoms with Gasteiger partial charge in [0.25, 0.3) is 0 Å². The van der Waals surface area contributed by atoms with Crippen LogP contribution in [0, 0.1) is 0 Å². The molecule has 1 aliphatic heterocycles. The molecule has 0 radical (unpaired) electrons. The topological polar surface area (TPSA) is 84.6 Å². The average molecular weight is 250 g/mol. The van der Waals surface area contributed by atoms with E-state index < -0.39 is 5.97 Å². The molecule has 0 bridgehead atoms. The van der Waals surface area contributed by atoms with Gasteiger partial charge in [-0.3, -0.25) is 0 Å². The van der Waals surface area contributed by atoms with E-state index in [1.54, 1.807) is 12.1 Å². The molecule has 1 saturated heterocycles. The SMILES string of the molecule is Nc1ccc(OC2CCCNCC2)c(C(=O)O)c1. The Bertz CT molecular complexity index is 426. The molecule has 0 aromatic heterocycles. The van der Waals surface area contributed by atoms with Gasteiger partial charge in [0.15, 0.2) is 0 Å². The summed E-state index contributed by atoms with van der Waals surface area (Å²) >= 11 is 0. The van der Waals surface area contributed by atoms with Crippen LogP contribution < -0.4 is 15.8 Å². The molecule has 0 aliphatic carbocycles. The molecular weight excluding hydrogens is 232 g/mol. The number of carboxylic acids is 1. The summed E-state index contributed by atoms with van der Waals surface area (Å²) in [6.07, 6.45) is 2.95. The molecule has 1 aromatic rings. The van der Waals surface area contributed by atoms with E-state index in [-0.39, 0.29) is 11.7 Å². The van der Waals surface area contributed by atoms with Crippen molar-refractivity contribution < 1.29 is 14.6 Å². The molecule has 4 N–H and O–H groups in total. The molecule has 1 fully saturated rings. The summed E-state index contributed by atoms with van der Waals surface area (Å²) in [7, 11) is 0. The van der Waals surface area contributed by atoms with Gasteiger partial charge in [-0.2, -0.15) is 0 Å². The Morgan fingerprint density at radius 3 is 3.00 bits per heavy atom. The molecule has 0 spiro atoms. The summed E-state index contributed by atoms with van der Waals surface area (Å²) in [5, 5.41) is 12.4. The summed E-state index contributed by atoms with van der Waals surface area (Å²) in [6, 6.07) is 4.74. The van der Waals surface area contributed by atoms with Crippen LogP contribution in [0.4, 0.5) is 5.69 Å². The molecule has 98 valence electrons. The van der Waals surface area contributed by atoms with Crippen LogP contribution in [0.1, 0.15) is 29.6 Å². The van der Waals surface area contributed by atoms with E-state index in [1.165, 1.54) is 6.07 Å². The van der Waals surface area contributed by atoms with Gasteiger partial charge < -0.3 is 20.9 Å². The van der Waals surface area contributed by atoms with E-state index >= 15 is 0 Å². The normalized spacial score (nSPS) is 20.1. The van der Waals surface area contributed by atoms with Crippen LogP contribution in [0.3, 0.4) is 0 Å². The van der Waals surface area contributed by atoms with Gasteiger partial charge in [0.2, 0.25) is 0 Å². The zero-order valence-corrected chi connectivity index (χ0v) is 10.2. The van der Waals surface area contributed by atoms with Gasteiger partial charge in [-0.05, 0) is 50.6 Å². The fraction of sp³-hybridized carbons (Fsp3) is 0.462. The smallest absolute Gasteiger partial charge is 0.339 e. The summed E-state index contributed by atoms with van der Waals surface area (Å²) in [5.41, 5.74) is 6.16. The molecule has 18 heavy (non-hydrogen) atoms. The number of nitrogens with two attached hydrogens (primary N) is 1. The van der Waals surface area contributed by atoms with Crippen molar-refractivity contribution in [2.75, 3.05) is 18.8 Å². The Hall–Kier alpha value is -1.75. The molecule has 1 aromatic carbocycles. The van der Waals surface area contributed by atoms with Crippen LogP contribution in [0.5, 0.6) is 5.75 Å². The minimum atomic E-state index is -1.01. The lowest BCUT2D eigenvalue weighted by Gasteiger charge is -2.18. The predicted molar refractivity (Wildman–Crippen MR) is 69.0 cm³/mol. The maximum absolute atomic E-state index is 11.1. The van der Waals surface area contributed by atoms with Crippen molar-refractivity contribution in [3.63, 3.8) is 0 Å². The highest BCUT2D eigenvalue weighted by Gasteiger charge is 2.18. The number of aromatic carboxylic acids is 1. The molecule has 1 aliphatic rings. The quantitative estimate of drug-likeness (QED) is 0.708. The number of carboxylic acid groups (broad SMARTS) is 1. The molecule has 0 saturated carbocycles. The number of nitrogens with one attached hydrogen (secondary N) is 1. The second kappa shape index (κ2) is 5.73. The maximum Gasteiger partial charge on any atom is 0.339 e. The first-order valence-electron chi connectivity index (χ1n) is 6.17. The Kier molecular flexibility index (Phi) is 4.04. The maximum atomic E-state index is 11.1. The molecule has 0 amide bonds. The largest absolute Gasteiger partial charge is 0.489 e. The zero-order valence-electron chi connectivity index (χ0n) is 10.2. The number of hydrogen-bond donors (Lipinski definition) is 3. The highest BCUT2D eigenvalue weighted by Crippen LogP contribution is 2.24. The van der Waals surface area contributed by atoms with E-state index in [2.05, 4.69) is 5.32 Å². The van der Waals surface area contributed by atoms with Crippen molar-refractivity contribution >= 4 is 11.7 Å². The number of hydrogen-bond acceptors (Lipinski definition) is 4. The first kappa shape index (κ1) is 12.7. The second-order valence-electron chi connectivity index (χ2n) is 4.48. The minimum Gasteiger partial charge on any atom is -0.489 e. The fourth-order valence-electron chi connectivity index (χ4n) is 2.10. The van der Waals surface area contributed by atoms with Crippen molar-refractivity contribution in [3.8, 4) is 5.75 Å². The lowest BCUT2D eigenvalue weighted by Crippen LogP contribution is -2.20. The predicted octanol–water partition coefficient (Wildman–Crippen LogP) is 1.49. The monoisotopic (exact) mass is 250 g/mol. The van der Waals surface area contributed by atoms with Gasteiger partial charge >= 0.3 is 5.97 Å². The van der Waals surface area contributed by atoms with Gasteiger partial charge in [0.05, 0.1) is 6.10 Å². The van der Waals surface area contributed by atoms with Crippen LogP contribution >= 0.6 is 0 Å². The molecule has 5 heteroatoms. The van der Waals surface area contributed by atoms with Gasteiger partial charge in [0, 0.05) is 5.69 Å². The van der Waals surface area contributed by atoms with E-state index in [0.29, 0.717) is 11.4 Å². The van der Waals surface area contributed by atoms with Crippen molar-refractivity contribution in [3.05, 3.63) is 23.8 Å². The fourth-order valence-corrected chi connectivity index (χ4v) is 2.10. The highest BCUT2D eigenvalue weighted by molar-refractivity contribution is 5.92. The van der Waals surface area contributed by atoms with Gasteiger partial charge in [-0.25, -0.2) is 4.79 Å². The average Bonchev–Trinajstić information content (AvgIpc) is 2.60.